The van der Waals surface area contributed by atoms with Gasteiger partial charge in [-0.1, -0.05) is 48.5 Å². The molecule has 0 bridgehead atoms. The number of hydrogen-bond donors (Lipinski definition) is 1. The van der Waals surface area contributed by atoms with Crippen LogP contribution < -0.4 is 5.44 Å². The number of hydrogen-bond acceptors (Lipinski definition) is 3. The Bertz CT molecular complexity index is 832. The first-order valence-electron chi connectivity index (χ1n) is 7.74. The van der Waals surface area contributed by atoms with Gasteiger partial charge < -0.3 is 14.0 Å². The third-order valence-corrected chi connectivity index (χ3v) is 5.65. The molecule has 3 rings (SSSR count). The Labute approximate surface area is 136 Å². The molecule has 0 radical (unpaired) electrons. The molecular weight excluding hydrogens is 309 g/mol. The minimum Gasteiger partial charge on any atom is -0.348 e. The van der Waals surface area contributed by atoms with Crippen molar-refractivity contribution in [1.29, 1.82) is 0 Å². The van der Waals surface area contributed by atoms with Gasteiger partial charge in [-0.05, 0) is 25.5 Å². The lowest BCUT2D eigenvalue weighted by Crippen LogP contribution is -2.11. The molecule has 5 heteroatoms. The van der Waals surface area contributed by atoms with Gasteiger partial charge in [0.2, 0.25) is 0 Å². The normalized spacial score (nSPS) is 11.9. The van der Waals surface area contributed by atoms with E-state index >= 15 is 0 Å². The Hall–Kier alpha value is -1.87. The summed E-state index contributed by atoms with van der Waals surface area (Å²) in [6.07, 6.45) is 0. The Morgan fingerprint density at radius 1 is 0.957 bits per heavy atom. The van der Waals surface area contributed by atoms with E-state index in [2.05, 4.69) is 17.1 Å². The number of nitrogens with one attached hydrogen (secondary N) is 1. The van der Waals surface area contributed by atoms with Crippen LogP contribution in [0.1, 0.15) is 13.8 Å². The van der Waals surface area contributed by atoms with E-state index in [0.29, 0.717) is 18.6 Å². The molecule has 0 aliphatic carbocycles. The predicted octanol–water partition coefficient (Wildman–Crippen LogP) is 4.73. The number of fused-ring (bicyclic) bond motifs is 1. The molecule has 0 aliphatic rings. The van der Waals surface area contributed by atoms with Gasteiger partial charge in [0.05, 0.1) is 18.7 Å². The van der Waals surface area contributed by atoms with Crippen LogP contribution in [0.25, 0.3) is 22.0 Å². The molecule has 2 aromatic carbocycles. The van der Waals surface area contributed by atoms with Gasteiger partial charge in [0.1, 0.15) is 5.44 Å². The van der Waals surface area contributed by atoms with E-state index in [1.54, 1.807) is 0 Å². The summed E-state index contributed by atoms with van der Waals surface area (Å²) in [7, 11) is -3.31. The van der Waals surface area contributed by atoms with Crippen molar-refractivity contribution in [1.82, 2.24) is 4.98 Å². The van der Waals surface area contributed by atoms with Crippen LogP contribution >= 0.6 is 7.60 Å². The van der Waals surface area contributed by atoms with Crippen molar-refractivity contribution >= 4 is 23.9 Å². The summed E-state index contributed by atoms with van der Waals surface area (Å²) in [6.45, 7) is 4.28. The van der Waals surface area contributed by atoms with Gasteiger partial charge in [0, 0.05) is 10.9 Å². The topological polar surface area (TPSA) is 51.3 Å². The van der Waals surface area contributed by atoms with Crippen molar-refractivity contribution in [3.63, 3.8) is 0 Å². The summed E-state index contributed by atoms with van der Waals surface area (Å²) in [4.78, 5) is 3.26. The van der Waals surface area contributed by atoms with Crippen LogP contribution in [-0.2, 0) is 13.6 Å². The summed E-state index contributed by atoms with van der Waals surface area (Å²) >= 11 is 0. The maximum atomic E-state index is 13.0. The third-order valence-electron chi connectivity index (χ3n) is 3.62. The van der Waals surface area contributed by atoms with Gasteiger partial charge in [0.25, 0.3) is 0 Å². The number of aromatic nitrogens is 1. The molecule has 0 fully saturated rings. The zero-order chi connectivity index (χ0) is 16.3. The van der Waals surface area contributed by atoms with E-state index in [4.69, 9.17) is 9.05 Å². The molecule has 0 saturated carbocycles. The van der Waals surface area contributed by atoms with Crippen molar-refractivity contribution in [2.75, 3.05) is 13.2 Å². The van der Waals surface area contributed by atoms with Crippen molar-refractivity contribution in [2.45, 2.75) is 13.8 Å². The minimum absolute atomic E-state index is 0.332. The lowest BCUT2D eigenvalue weighted by Gasteiger charge is -2.15. The number of H-pyrrole nitrogens is 1. The Kier molecular flexibility index (Phi) is 4.67. The number of para-hydroxylation sites is 1. The number of aromatic amines is 1. The lowest BCUT2D eigenvalue weighted by molar-refractivity contribution is 0.229. The zero-order valence-corrected chi connectivity index (χ0v) is 14.2. The number of rotatable bonds is 6. The van der Waals surface area contributed by atoms with Crippen molar-refractivity contribution in [3.05, 3.63) is 54.6 Å². The summed E-state index contributed by atoms with van der Waals surface area (Å²) in [6, 6.07) is 18.0. The predicted molar refractivity (Wildman–Crippen MR) is 94.2 cm³/mol. The second-order valence-corrected chi connectivity index (χ2v) is 7.12. The van der Waals surface area contributed by atoms with Gasteiger partial charge in [-0.3, -0.25) is 4.57 Å². The third kappa shape index (κ3) is 3.11. The average Bonchev–Trinajstić information content (AvgIpc) is 3.01. The van der Waals surface area contributed by atoms with Crippen LogP contribution in [0, 0.1) is 0 Å². The van der Waals surface area contributed by atoms with Crippen LogP contribution in [0.5, 0.6) is 0 Å². The molecular formula is C18H20NO3P. The molecule has 23 heavy (non-hydrogen) atoms. The maximum absolute atomic E-state index is 13.0. The largest absolute Gasteiger partial charge is 0.377 e. The van der Waals surface area contributed by atoms with Crippen LogP contribution in [0.2, 0.25) is 0 Å². The van der Waals surface area contributed by atoms with Crippen LogP contribution in [0.3, 0.4) is 0 Å². The highest BCUT2D eigenvalue weighted by atomic mass is 31.2. The molecule has 0 saturated heterocycles. The summed E-state index contributed by atoms with van der Waals surface area (Å²) in [5.41, 5.74) is 3.61. The van der Waals surface area contributed by atoms with Crippen molar-refractivity contribution < 1.29 is 13.6 Å². The van der Waals surface area contributed by atoms with Gasteiger partial charge in [-0.15, -0.1) is 0 Å². The molecule has 4 nitrogen and oxygen atoms in total. The van der Waals surface area contributed by atoms with E-state index in [-0.39, 0.29) is 0 Å². The first-order chi connectivity index (χ1) is 11.2. The fraction of sp³-hybridized carbons (Fsp3) is 0.222. The molecule has 0 aliphatic heterocycles. The second kappa shape index (κ2) is 6.71. The molecule has 0 atom stereocenters. The van der Waals surface area contributed by atoms with E-state index in [0.717, 1.165) is 22.0 Å². The maximum Gasteiger partial charge on any atom is 0.377 e. The van der Waals surface area contributed by atoms with E-state index in [9.17, 15) is 4.57 Å². The fourth-order valence-electron chi connectivity index (χ4n) is 2.66. The van der Waals surface area contributed by atoms with Crippen LogP contribution in [0.4, 0.5) is 0 Å². The van der Waals surface area contributed by atoms with Gasteiger partial charge in [0.15, 0.2) is 0 Å². The highest BCUT2D eigenvalue weighted by Gasteiger charge is 2.29. The minimum atomic E-state index is -3.31. The number of benzene rings is 2. The summed E-state index contributed by atoms with van der Waals surface area (Å²) in [5.74, 6) is 0. The van der Waals surface area contributed by atoms with Gasteiger partial charge in [-0.2, -0.15) is 0 Å². The molecule has 1 heterocycles. The van der Waals surface area contributed by atoms with E-state index < -0.39 is 7.60 Å². The standard InChI is InChI=1S/C18H20NO3P/c1-3-21-23(20,22-4-2)17-13-15-11-8-12-16(18(15)19-17)14-9-6-5-7-10-14/h5-13,19H,3-4H2,1-2H3. The van der Waals surface area contributed by atoms with Crippen LogP contribution in [0.15, 0.2) is 54.6 Å². The monoisotopic (exact) mass is 329 g/mol. The van der Waals surface area contributed by atoms with E-state index in [1.165, 1.54) is 0 Å². The van der Waals surface area contributed by atoms with Gasteiger partial charge in [-0.25, -0.2) is 0 Å². The first kappa shape index (κ1) is 16.0. The summed E-state index contributed by atoms with van der Waals surface area (Å²) < 4.78 is 23.8. The fourth-order valence-corrected chi connectivity index (χ4v) is 4.24. The van der Waals surface area contributed by atoms with Crippen molar-refractivity contribution in [2.24, 2.45) is 0 Å². The zero-order valence-electron chi connectivity index (χ0n) is 13.3. The molecule has 3 aromatic rings. The molecule has 0 amide bonds. The average molecular weight is 329 g/mol. The molecule has 0 unspecified atom stereocenters. The van der Waals surface area contributed by atoms with Crippen LogP contribution in [-0.4, -0.2) is 18.2 Å². The molecule has 0 spiro atoms. The molecule has 120 valence electrons. The molecule has 1 aromatic heterocycles. The van der Waals surface area contributed by atoms with Crippen molar-refractivity contribution in [3.8, 4) is 11.1 Å². The SMILES string of the molecule is CCOP(=O)(OCC)c1cc2cccc(-c3ccccc3)c2[nH]1. The Morgan fingerprint density at radius 3 is 2.30 bits per heavy atom. The lowest BCUT2D eigenvalue weighted by atomic mass is 10.0. The van der Waals surface area contributed by atoms with Gasteiger partial charge >= 0.3 is 7.60 Å². The smallest absolute Gasteiger partial charge is 0.348 e. The Morgan fingerprint density at radius 2 is 1.65 bits per heavy atom. The quantitative estimate of drug-likeness (QED) is 0.665. The summed E-state index contributed by atoms with van der Waals surface area (Å²) in [5, 5.41) is 0.987. The highest BCUT2D eigenvalue weighted by Crippen LogP contribution is 2.47. The van der Waals surface area contributed by atoms with E-state index in [1.807, 2.05) is 56.3 Å². The first-order valence-corrected chi connectivity index (χ1v) is 9.29. The highest BCUT2D eigenvalue weighted by molar-refractivity contribution is 7.62. The second-order valence-electron chi connectivity index (χ2n) is 5.12. The molecule has 1 N–H and O–H groups in total. The Balaban J connectivity index is 2.14.